The van der Waals surface area contributed by atoms with Crippen molar-refractivity contribution in [1.82, 2.24) is 0 Å². The van der Waals surface area contributed by atoms with E-state index in [4.69, 9.17) is 9.47 Å². The van der Waals surface area contributed by atoms with Gasteiger partial charge in [0.1, 0.15) is 17.8 Å². The number of carbonyl (C=O) groups excluding carboxylic acids is 2. The average molecular weight is 547 g/mol. The van der Waals surface area contributed by atoms with E-state index in [1.807, 2.05) is 13.8 Å². The first-order valence-corrected chi connectivity index (χ1v) is 16.0. The highest BCUT2D eigenvalue weighted by atomic mass is 16.6. The van der Waals surface area contributed by atoms with Crippen molar-refractivity contribution in [3.63, 3.8) is 0 Å². The van der Waals surface area contributed by atoms with Gasteiger partial charge in [0, 0.05) is 11.8 Å². The minimum absolute atomic E-state index is 0.0128. The number of fused-ring (bicyclic) bond motifs is 5. The highest BCUT2D eigenvalue weighted by Gasteiger charge is 2.66. The van der Waals surface area contributed by atoms with Gasteiger partial charge in [-0.05, 0) is 106 Å². The number of esters is 2. The van der Waals surface area contributed by atoms with E-state index >= 15 is 0 Å². The van der Waals surface area contributed by atoms with Crippen LogP contribution in [0.25, 0.3) is 0 Å². The Labute approximate surface area is 236 Å². The van der Waals surface area contributed by atoms with Crippen LogP contribution in [0.15, 0.2) is 0 Å². The Morgan fingerprint density at radius 2 is 1.82 bits per heavy atom. The highest BCUT2D eigenvalue weighted by molar-refractivity contribution is 5.76. The summed E-state index contributed by atoms with van der Waals surface area (Å²) in [6, 6.07) is 0. The number of hydrogen-bond donors (Lipinski definition) is 2. The number of aliphatic hydroxyl groups is 2. The molecule has 2 N–H and O–H groups in total. The van der Waals surface area contributed by atoms with E-state index in [2.05, 4.69) is 34.6 Å². The number of carbonyl (C=O) groups is 2. The van der Waals surface area contributed by atoms with E-state index in [9.17, 15) is 19.8 Å². The first-order chi connectivity index (χ1) is 18.2. The van der Waals surface area contributed by atoms with Crippen LogP contribution < -0.4 is 0 Å². The topological polar surface area (TPSA) is 93.1 Å². The molecule has 5 aliphatic rings. The molecule has 39 heavy (non-hydrogen) atoms. The lowest BCUT2D eigenvalue weighted by molar-refractivity contribution is -0.241. The molecule has 6 nitrogen and oxygen atoms in total. The van der Waals surface area contributed by atoms with Crippen LogP contribution in [-0.4, -0.2) is 46.1 Å². The summed E-state index contributed by atoms with van der Waals surface area (Å²) in [5, 5.41) is 22.7. The fraction of sp³-hybridized carbons (Fsp3) is 0.939. The fourth-order valence-corrected chi connectivity index (χ4v) is 10.2. The molecule has 222 valence electrons. The number of ether oxygens (including phenoxy) is 2. The fourth-order valence-electron chi connectivity index (χ4n) is 10.2. The molecule has 1 heterocycles. The summed E-state index contributed by atoms with van der Waals surface area (Å²) in [6.45, 7) is 15.3. The quantitative estimate of drug-likeness (QED) is 0.408. The van der Waals surface area contributed by atoms with Crippen LogP contribution in [0.1, 0.15) is 119 Å². The highest BCUT2D eigenvalue weighted by Crippen LogP contribution is 2.69. The van der Waals surface area contributed by atoms with Gasteiger partial charge in [-0.15, -0.1) is 0 Å². The zero-order chi connectivity index (χ0) is 28.5. The number of cyclic esters (lactones) is 1. The van der Waals surface area contributed by atoms with Gasteiger partial charge in [-0.25, -0.2) is 0 Å². The molecule has 4 aliphatic carbocycles. The maximum Gasteiger partial charge on any atom is 0.311 e. The van der Waals surface area contributed by atoms with Crippen molar-refractivity contribution in [1.29, 1.82) is 0 Å². The van der Waals surface area contributed by atoms with Crippen LogP contribution in [0.2, 0.25) is 0 Å². The molecule has 5 rings (SSSR count). The van der Waals surface area contributed by atoms with Crippen molar-refractivity contribution < 1.29 is 29.3 Å². The minimum Gasteiger partial charge on any atom is -0.461 e. The summed E-state index contributed by atoms with van der Waals surface area (Å²) >= 11 is 0. The molecule has 5 fully saturated rings. The van der Waals surface area contributed by atoms with E-state index in [-0.39, 0.29) is 41.2 Å². The molecule has 6 heteroatoms. The summed E-state index contributed by atoms with van der Waals surface area (Å²) in [5.74, 6) is 1.67. The van der Waals surface area contributed by atoms with Crippen LogP contribution in [0.4, 0.5) is 0 Å². The second-order valence-electron chi connectivity index (χ2n) is 15.7. The smallest absolute Gasteiger partial charge is 0.311 e. The molecule has 0 spiro atoms. The van der Waals surface area contributed by atoms with Gasteiger partial charge in [0.25, 0.3) is 0 Å². The Morgan fingerprint density at radius 1 is 1.10 bits per heavy atom. The third kappa shape index (κ3) is 4.68. The van der Waals surface area contributed by atoms with Gasteiger partial charge < -0.3 is 19.7 Å². The summed E-state index contributed by atoms with van der Waals surface area (Å²) in [7, 11) is 0. The number of hydrogen-bond acceptors (Lipinski definition) is 6. The van der Waals surface area contributed by atoms with Crippen LogP contribution in [0.5, 0.6) is 0 Å². The van der Waals surface area contributed by atoms with E-state index in [1.165, 1.54) is 12.8 Å². The monoisotopic (exact) mass is 546 g/mol. The zero-order valence-corrected chi connectivity index (χ0v) is 25.5. The molecule has 1 saturated heterocycles. The van der Waals surface area contributed by atoms with Crippen LogP contribution in [-0.2, 0) is 19.1 Å². The minimum atomic E-state index is -1.13. The predicted molar refractivity (Wildman–Crippen MR) is 149 cm³/mol. The molecular formula is C33H54O6. The second-order valence-corrected chi connectivity index (χ2v) is 15.7. The summed E-state index contributed by atoms with van der Waals surface area (Å²) in [6.07, 6.45) is 7.81. The molecule has 1 aliphatic heterocycles. The lowest BCUT2D eigenvalue weighted by atomic mass is 9.41. The van der Waals surface area contributed by atoms with Crippen LogP contribution >= 0.6 is 0 Å². The third-order valence-corrected chi connectivity index (χ3v) is 13.0. The molecule has 11 atom stereocenters. The van der Waals surface area contributed by atoms with E-state index in [0.717, 1.165) is 38.5 Å². The van der Waals surface area contributed by atoms with Crippen molar-refractivity contribution in [3.8, 4) is 0 Å². The zero-order valence-electron chi connectivity index (χ0n) is 25.5. The largest absolute Gasteiger partial charge is 0.461 e. The molecule has 4 saturated carbocycles. The van der Waals surface area contributed by atoms with Crippen LogP contribution in [0, 0.1) is 51.8 Å². The van der Waals surface area contributed by atoms with Crippen molar-refractivity contribution >= 4 is 11.9 Å². The molecule has 0 unspecified atom stereocenters. The van der Waals surface area contributed by atoms with Gasteiger partial charge in [0.15, 0.2) is 0 Å². The van der Waals surface area contributed by atoms with Crippen molar-refractivity contribution in [3.05, 3.63) is 0 Å². The standard InChI is InChI=1S/C33H54O6/c1-8-30(4,5)29(36)39-26-16-24-22(23-10-9-13-31(23,26)6)12-11-20-17-33(37,25(19(2)3)18-32(20,24)7)27-14-21(34)15-28(35)38-27/h19-27,34,37H,8-18H2,1-7H3/t20-,21+,22-,23-,24-,25+,26-,27+,31+,32-,33-/m0/s1. The normalized spacial score (nSPS) is 48.1. The van der Waals surface area contributed by atoms with Gasteiger partial charge in [-0.3, -0.25) is 9.59 Å². The molecule has 0 amide bonds. The van der Waals surface area contributed by atoms with E-state index in [1.54, 1.807) is 0 Å². The van der Waals surface area contributed by atoms with Gasteiger partial charge in [0.2, 0.25) is 0 Å². The summed E-state index contributed by atoms with van der Waals surface area (Å²) < 4.78 is 12.3. The number of aliphatic hydroxyl groups excluding tert-OH is 1. The van der Waals surface area contributed by atoms with Gasteiger partial charge in [-0.2, -0.15) is 0 Å². The maximum atomic E-state index is 13.4. The van der Waals surface area contributed by atoms with Gasteiger partial charge >= 0.3 is 11.9 Å². The second kappa shape index (κ2) is 10.00. The Balaban J connectivity index is 1.46. The molecule has 0 bridgehead atoms. The third-order valence-electron chi connectivity index (χ3n) is 13.0. The predicted octanol–water partition coefficient (Wildman–Crippen LogP) is 6.06. The average Bonchev–Trinajstić information content (AvgIpc) is 3.26. The summed E-state index contributed by atoms with van der Waals surface area (Å²) in [5.41, 5.74) is -1.54. The Hall–Kier alpha value is -1.14. The Kier molecular flexibility index (Phi) is 7.52. The molecule has 0 radical (unpaired) electrons. The Bertz CT molecular complexity index is 960. The van der Waals surface area contributed by atoms with Gasteiger partial charge in [-0.1, -0.05) is 41.0 Å². The molecular weight excluding hydrogens is 492 g/mol. The number of rotatable bonds is 5. The molecule has 0 aromatic heterocycles. The van der Waals surface area contributed by atoms with Gasteiger partial charge in [0.05, 0.1) is 17.9 Å². The lowest BCUT2D eigenvalue weighted by Crippen LogP contribution is -2.65. The summed E-state index contributed by atoms with van der Waals surface area (Å²) in [4.78, 5) is 25.7. The first kappa shape index (κ1) is 29.4. The van der Waals surface area contributed by atoms with Crippen molar-refractivity contribution in [2.24, 2.45) is 51.8 Å². The first-order valence-electron chi connectivity index (χ1n) is 16.0. The maximum absolute atomic E-state index is 13.4. The Morgan fingerprint density at radius 3 is 2.46 bits per heavy atom. The van der Waals surface area contributed by atoms with Crippen molar-refractivity contribution in [2.45, 2.75) is 143 Å². The van der Waals surface area contributed by atoms with E-state index < -0.39 is 29.2 Å². The van der Waals surface area contributed by atoms with Crippen LogP contribution in [0.3, 0.4) is 0 Å². The molecule has 0 aromatic rings. The van der Waals surface area contributed by atoms with E-state index in [0.29, 0.717) is 36.5 Å². The van der Waals surface area contributed by atoms with Crippen molar-refractivity contribution in [2.75, 3.05) is 0 Å². The SMILES string of the molecule is CCC(C)(C)C(=O)O[C@H]1C[C@H]2[C@@H](CC[C@H]3C[C@@](O)([C@H]4C[C@@H](O)CC(=O)O4)[C@@H](C(C)C)C[C@@]32C)[C@@H]2CCC[C@@]12C. The lowest BCUT2D eigenvalue weighted by Gasteiger charge is -2.65. The molecule has 0 aromatic carbocycles.